The average molecular weight is 268 g/mol. The van der Waals surface area contributed by atoms with Gasteiger partial charge in [0.2, 0.25) is 6.79 Å². The van der Waals surface area contributed by atoms with Crippen LogP contribution in [0.3, 0.4) is 0 Å². The molecule has 0 spiro atoms. The van der Waals surface area contributed by atoms with Crippen molar-refractivity contribution in [1.82, 2.24) is 20.6 Å². The number of aromatic nitrogens is 4. The fourth-order valence-electron chi connectivity index (χ4n) is 1.45. The fraction of sp³-hybridized carbons (Fsp3) is 0.111. The Morgan fingerprint density at radius 1 is 1.39 bits per heavy atom. The number of anilines is 1. The van der Waals surface area contributed by atoms with Crippen LogP contribution in [0.25, 0.3) is 0 Å². The van der Waals surface area contributed by atoms with E-state index in [-0.39, 0.29) is 12.6 Å². The van der Waals surface area contributed by atoms with Gasteiger partial charge in [-0.1, -0.05) is 11.6 Å². The number of halogens is 1. The lowest BCUT2D eigenvalue weighted by Crippen LogP contribution is -2.14. The van der Waals surface area contributed by atoms with Crippen LogP contribution in [-0.2, 0) is 0 Å². The highest BCUT2D eigenvalue weighted by Gasteiger charge is 2.19. The van der Waals surface area contributed by atoms with Crippen LogP contribution < -0.4 is 14.8 Å². The van der Waals surface area contributed by atoms with E-state index in [0.717, 1.165) is 0 Å². The second-order valence-electron chi connectivity index (χ2n) is 3.37. The minimum Gasteiger partial charge on any atom is -0.454 e. The second kappa shape index (κ2) is 4.15. The van der Waals surface area contributed by atoms with Gasteiger partial charge in [-0.05, 0) is 5.21 Å². The molecule has 0 atom stereocenters. The maximum Gasteiger partial charge on any atom is 0.297 e. The molecule has 0 unspecified atom stereocenters. The van der Waals surface area contributed by atoms with Crippen LogP contribution in [0, 0.1) is 0 Å². The van der Waals surface area contributed by atoms with E-state index in [1.165, 1.54) is 0 Å². The van der Waals surface area contributed by atoms with Crippen LogP contribution in [0.15, 0.2) is 12.1 Å². The Labute approximate surface area is 105 Å². The van der Waals surface area contributed by atoms with E-state index in [0.29, 0.717) is 22.2 Å². The highest BCUT2D eigenvalue weighted by Crippen LogP contribution is 2.39. The molecule has 1 aromatic carbocycles. The maximum atomic E-state index is 11.7. The number of ether oxygens (including phenoxy) is 2. The summed E-state index contributed by atoms with van der Waals surface area (Å²) >= 11 is 6.00. The number of tetrazole rings is 1. The van der Waals surface area contributed by atoms with E-state index in [9.17, 15) is 4.79 Å². The van der Waals surface area contributed by atoms with Crippen molar-refractivity contribution in [1.29, 1.82) is 0 Å². The summed E-state index contributed by atoms with van der Waals surface area (Å²) in [7, 11) is 0. The molecule has 1 aliphatic rings. The molecule has 3 rings (SSSR count). The summed E-state index contributed by atoms with van der Waals surface area (Å²) in [4.78, 5) is 11.7. The van der Waals surface area contributed by atoms with Crippen molar-refractivity contribution in [2.24, 2.45) is 0 Å². The Kier molecular flexibility index (Phi) is 2.49. The first-order chi connectivity index (χ1) is 8.74. The van der Waals surface area contributed by atoms with E-state index in [1.807, 2.05) is 0 Å². The number of amides is 1. The highest BCUT2D eigenvalue weighted by atomic mass is 35.5. The number of benzene rings is 1. The predicted molar refractivity (Wildman–Crippen MR) is 59.7 cm³/mol. The van der Waals surface area contributed by atoms with Crippen LogP contribution >= 0.6 is 11.6 Å². The third-order valence-electron chi connectivity index (χ3n) is 2.26. The number of nitrogens with one attached hydrogen (secondary N) is 2. The zero-order valence-corrected chi connectivity index (χ0v) is 9.56. The minimum absolute atomic E-state index is 0.0799. The third-order valence-corrected chi connectivity index (χ3v) is 2.57. The zero-order chi connectivity index (χ0) is 12.5. The quantitative estimate of drug-likeness (QED) is 0.836. The lowest BCUT2D eigenvalue weighted by atomic mass is 10.2. The van der Waals surface area contributed by atoms with E-state index in [4.69, 9.17) is 21.1 Å². The summed E-state index contributed by atoms with van der Waals surface area (Å²) < 4.78 is 10.3. The topological polar surface area (TPSA) is 102 Å². The molecule has 0 fully saturated rings. The van der Waals surface area contributed by atoms with Crippen LogP contribution in [0.5, 0.6) is 11.5 Å². The summed E-state index contributed by atoms with van der Waals surface area (Å²) in [6.07, 6.45) is 0. The first kappa shape index (κ1) is 10.8. The van der Waals surface area contributed by atoms with E-state index in [1.54, 1.807) is 12.1 Å². The first-order valence-electron chi connectivity index (χ1n) is 4.88. The highest BCUT2D eigenvalue weighted by molar-refractivity contribution is 6.34. The summed E-state index contributed by atoms with van der Waals surface area (Å²) in [5, 5.41) is 15.5. The van der Waals surface area contributed by atoms with E-state index in [2.05, 4.69) is 25.9 Å². The molecule has 9 heteroatoms. The summed E-state index contributed by atoms with van der Waals surface area (Å²) in [6.45, 7) is 0.133. The molecule has 0 radical (unpaired) electrons. The van der Waals surface area contributed by atoms with Crippen molar-refractivity contribution in [3.05, 3.63) is 23.0 Å². The molecule has 2 N–H and O–H groups in total. The Morgan fingerprint density at radius 3 is 2.89 bits per heavy atom. The number of fused-ring (bicyclic) bond motifs is 1. The van der Waals surface area contributed by atoms with Gasteiger partial charge >= 0.3 is 0 Å². The molecule has 1 aliphatic heterocycles. The lowest BCUT2D eigenvalue weighted by Gasteiger charge is -2.06. The first-order valence-corrected chi connectivity index (χ1v) is 5.26. The van der Waals surface area contributed by atoms with Gasteiger partial charge in [-0.25, -0.2) is 0 Å². The third kappa shape index (κ3) is 1.82. The van der Waals surface area contributed by atoms with Gasteiger partial charge in [0.25, 0.3) is 11.7 Å². The summed E-state index contributed by atoms with van der Waals surface area (Å²) in [5.74, 6) is 0.452. The number of rotatable bonds is 2. The Bertz CT molecular complexity index is 601. The predicted octanol–water partition coefficient (Wildman–Crippen LogP) is 0.834. The SMILES string of the molecule is O=C(Nc1cc2c(cc1Cl)OCO2)c1nn[nH]n1. The van der Waals surface area contributed by atoms with Gasteiger partial charge in [-0.3, -0.25) is 4.79 Å². The van der Waals surface area contributed by atoms with Crippen molar-refractivity contribution in [2.45, 2.75) is 0 Å². The van der Waals surface area contributed by atoms with Crippen molar-refractivity contribution >= 4 is 23.2 Å². The molecule has 0 aliphatic carbocycles. The van der Waals surface area contributed by atoms with Gasteiger partial charge in [0.1, 0.15) is 0 Å². The largest absolute Gasteiger partial charge is 0.454 e. The molecule has 92 valence electrons. The lowest BCUT2D eigenvalue weighted by molar-refractivity contribution is 0.101. The summed E-state index contributed by atoms with van der Waals surface area (Å²) in [6, 6.07) is 3.14. The van der Waals surface area contributed by atoms with Crippen LogP contribution in [0.2, 0.25) is 5.02 Å². The van der Waals surface area contributed by atoms with Gasteiger partial charge in [-0.15, -0.1) is 10.2 Å². The van der Waals surface area contributed by atoms with Crippen LogP contribution in [0.1, 0.15) is 10.6 Å². The van der Waals surface area contributed by atoms with Crippen LogP contribution in [0.4, 0.5) is 5.69 Å². The Hall–Kier alpha value is -2.35. The molecule has 1 amide bonds. The number of hydrogen-bond donors (Lipinski definition) is 2. The van der Waals surface area contributed by atoms with Crippen molar-refractivity contribution in [3.63, 3.8) is 0 Å². The number of hydrogen-bond acceptors (Lipinski definition) is 6. The second-order valence-corrected chi connectivity index (χ2v) is 3.78. The van der Waals surface area contributed by atoms with Crippen LogP contribution in [-0.4, -0.2) is 33.3 Å². The van der Waals surface area contributed by atoms with Gasteiger partial charge in [0.05, 0.1) is 10.7 Å². The smallest absolute Gasteiger partial charge is 0.297 e. The van der Waals surface area contributed by atoms with Gasteiger partial charge < -0.3 is 14.8 Å². The Morgan fingerprint density at radius 2 is 2.17 bits per heavy atom. The minimum atomic E-state index is -0.524. The van der Waals surface area contributed by atoms with Gasteiger partial charge in [0, 0.05) is 12.1 Å². The van der Waals surface area contributed by atoms with Gasteiger partial charge in [0.15, 0.2) is 11.5 Å². The molecular formula is C9H6ClN5O3. The molecule has 18 heavy (non-hydrogen) atoms. The van der Waals surface area contributed by atoms with Crippen molar-refractivity contribution < 1.29 is 14.3 Å². The monoisotopic (exact) mass is 267 g/mol. The van der Waals surface area contributed by atoms with Crippen molar-refractivity contribution in [2.75, 3.05) is 12.1 Å². The molecular weight excluding hydrogens is 262 g/mol. The van der Waals surface area contributed by atoms with Gasteiger partial charge in [-0.2, -0.15) is 5.21 Å². The number of carbonyl (C=O) groups is 1. The molecule has 0 saturated heterocycles. The molecule has 0 bridgehead atoms. The molecule has 2 aromatic rings. The van der Waals surface area contributed by atoms with E-state index < -0.39 is 5.91 Å². The normalized spacial score (nSPS) is 12.5. The number of carbonyl (C=O) groups excluding carboxylic acids is 1. The zero-order valence-electron chi connectivity index (χ0n) is 8.81. The maximum absolute atomic E-state index is 11.7. The molecule has 2 heterocycles. The van der Waals surface area contributed by atoms with Crippen molar-refractivity contribution in [3.8, 4) is 11.5 Å². The fourth-order valence-corrected chi connectivity index (χ4v) is 1.65. The molecule has 1 aromatic heterocycles. The van der Waals surface area contributed by atoms with E-state index >= 15 is 0 Å². The molecule has 0 saturated carbocycles. The number of H-pyrrole nitrogens is 1. The summed E-state index contributed by atoms with van der Waals surface area (Å²) in [5.41, 5.74) is 0.385. The number of aromatic amines is 1. The Balaban J connectivity index is 1.87. The molecule has 8 nitrogen and oxygen atoms in total. The number of nitrogens with zero attached hydrogens (tertiary/aromatic N) is 3. The average Bonchev–Trinajstić information content (AvgIpc) is 2.98. The standard InChI is InChI=1S/C9H6ClN5O3/c10-4-1-6-7(18-3-17-6)2-5(4)11-9(16)8-12-14-15-13-8/h1-2H,3H2,(H,11,16)(H,12,13,14,15).